The lowest BCUT2D eigenvalue weighted by atomic mass is 9.92. The largest absolute Gasteiger partial charge is 0.378 e. The highest BCUT2D eigenvalue weighted by molar-refractivity contribution is 7.90. The van der Waals surface area contributed by atoms with Gasteiger partial charge in [0.1, 0.15) is 0 Å². The molecule has 0 saturated carbocycles. The highest BCUT2D eigenvalue weighted by atomic mass is 32.2. The Morgan fingerprint density at radius 2 is 1.85 bits per heavy atom. The molecule has 140 valence electrons. The van der Waals surface area contributed by atoms with Crippen LogP contribution in [-0.4, -0.2) is 36.4 Å². The number of aromatic nitrogens is 2. The number of allylic oxidation sites excluding steroid dienone is 1. The van der Waals surface area contributed by atoms with Crippen molar-refractivity contribution in [1.29, 1.82) is 0 Å². The van der Waals surface area contributed by atoms with Crippen LogP contribution in [0.4, 0.5) is 0 Å². The Labute approximate surface area is 159 Å². The molecule has 2 heterocycles. The first-order chi connectivity index (χ1) is 13.0. The van der Waals surface area contributed by atoms with E-state index in [1.165, 1.54) is 5.41 Å². The number of aryl methyl sites for hydroxylation is 1. The molecule has 1 aromatic heterocycles. The number of hydrogen-bond acceptors (Lipinski definition) is 6. The molecule has 2 aromatic rings. The van der Waals surface area contributed by atoms with Crippen LogP contribution in [0.25, 0.3) is 17.1 Å². The van der Waals surface area contributed by atoms with Gasteiger partial charge in [-0.3, -0.25) is 0 Å². The van der Waals surface area contributed by atoms with E-state index in [1.54, 1.807) is 6.20 Å². The first-order valence-corrected chi connectivity index (χ1v) is 10.6. The van der Waals surface area contributed by atoms with Crippen LogP contribution in [0.15, 0.2) is 53.2 Å². The van der Waals surface area contributed by atoms with E-state index in [4.69, 9.17) is 4.18 Å². The highest BCUT2D eigenvalue weighted by Crippen LogP contribution is 2.40. The molecule has 2 aliphatic rings. The van der Waals surface area contributed by atoms with Crippen molar-refractivity contribution < 1.29 is 12.6 Å². The summed E-state index contributed by atoms with van der Waals surface area (Å²) >= 11 is 0. The Morgan fingerprint density at radius 1 is 1.11 bits per heavy atom. The molecule has 0 saturated heterocycles. The fourth-order valence-corrected chi connectivity index (χ4v) is 4.60. The van der Waals surface area contributed by atoms with Crippen LogP contribution in [0.1, 0.15) is 31.5 Å². The second kappa shape index (κ2) is 6.81. The number of likely N-dealkylation sites (N-methyl/N-ethyl adjacent to an activating group) is 1. The van der Waals surface area contributed by atoms with Crippen LogP contribution in [0.5, 0.6) is 0 Å². The lowest BCUT2D eigenvalue weighted by Gasteiger charge is -2.32. The van der Waals surface area contributed by atoms with Crippen molar-refractivity contribution in [2.75, 3.05) is 13.1 Å². The van der Waals surface area contributed by atoms with Crippen molar-refractivity contribution in [3.8, 4) is 11.4 Å². The van der Waals surface area contributed by atoms with Gasteiger partial charge in [-0.1, -0.05) is 30.3 Å². The van der Waals surface area contributed by atoms with Crippen LogP contribution in [-0.2, 0) is 20.7 Å². The van der Waals surface area contributed by atoms with E-state index in [-0.39, 0.29) is 0 Å². The normalized spacial score (nSPS) is 17.5. The fraction of sp³-hybridized carbons (Fsp3) is 0.300. The zero-order chi connectivity index (χ0) is 19.0. The summed E-state index contributed by atoms with van der Waals surface area (Å²) < 4.78 is 30.1. The van der Waals surface area contributed by atoms with Crippen molar-refractivity contribution in [2.45, 2.75) is 26.7 Å². The maximum atomic E-state index is 12.4. The Morgan fingerprint density at radius 3 is 2.56 bits per heavy atom. The van der Waals surface area contributed by atoms with Crippen molar-refractivity contribution in [2.24, 2.45) is 0 Å². The standard InChI is InChI=1S/C20H21N3O3S/c1-3-23(4-2)18-13-27(24,25)26-19-15(18)10-11-17-16(19)12-21-20(22-17)14-8-6-5-7-9-14/h5-9,12-13H,3-4,10-11H2,1-2H3. The molecular weight excluding hydrogens is 362 g/mol. The summed E-state index contributed by atoms with van der Waals surface area (Å²) in [7, 11) is -3.79. The predicted octanol–water partition coefficient (Wildman–Crippen LogP) is 3.34. The first kappa shape index (κ1) is 17.7. The lowest BCUT2D eigenvalue weighted by molar-refractivity contribution is 0.377. The van der Waals surface area contributed by atoms with E-state index in [9.17, 15) is 8.42 Å². The summed E-state index contributed by atoms with van der Waals surface area (Å²) in [5, 5.41) is 1.24. The SMILES string of the molecule is CCN(CC)C1=CS(=O)(=O)OC2=C1CCc1nc(-c3ccccc3)ncc12. The molecule has 1 aliphatic carbocycles. The summed E-state index contributed by atoms with van der Waals surface area (Å²) in [6.45, 7) is 5.48. The molecule has 1 aromatic carbocycles. The number of benzene rings is 1. The number of rotatable bonds is 4. The van der Waals surface area contributed by atoms with Crippen LogP contribution < -0.4 is 0 Å². The van der Waals surface area contributed by atoms with Gasteiger partial charge in [-0.25, -0.2) is 9.97 Å². The zero-order valence-electron chi connectivity index (χ0n) is 15.3. The average molecular weight is 383 g/mol. The molecule has 0 fully saturated rings. The minimum absolute atomic E-state index is 0.375. The van der Waals surface area contributed by atoms with Crippen LogP contribution in [0.3, 0.4) is 0 Å². The van der Waals surface area contributed by atoms with E-state index in [0.717, 1.165) is 42.0 Å². The quantitative estimate of drug-likeness (QED) is 0.754. The molecule has 0 bridgehead atoms. The van der Waals surface area contributed by atoms with Gasteiger partial charge < -0.3 is 9.08 Å². The van der Waals surface area contributed by atoms with E-state index in [1.807, 2.05) is 49.1 Å². The molecular formula is C20H21N3O3S. The number of hydrogen-bond donors (Lipinski definition) is 0. The highest BCUT2D eigenvalue weighted by Gasteiger charge is 2.33. The summed E-state index contributed by atoms with van der Waals surface area (Å²) in [5.41, 5.74) is 4.05. The van der Waals surface area contributed by atoms with Gasteiger partial charge >= 0.3 is 10.1 Å². The monoisotopic (exact) mass is 383 g/mol. The Kier molecular flexibility index (Phi) is 4.47. The van der Waals surface area contributed by atoms with Gasteiger partial charge in [0.05, 0.1) is 22.4 Å². The molecule has 27 heavy (non-hydrogen) atoms. The third-order valence-electron chi connectivity index (χ3n) is 4.90. The van der Waals surface area contributed by atoms with Gasteiger partial charge in [-0.05, 0) is 26.7 Å². The maximum Gasteiger partial charge on any atom is 0.334 e. The molecule has 0 amide bonds. The van der Waals surface area contributed by atoms with E-state index in [0.29, 0.717) is 23.6 Å². The summed E-state index contributed by atoms with van der Waals surface area (Å²) in [5.74, 6) is 1.01. The van der Waals surface area contributed by atoms with Crippen molar-refractivity contribution in [1.82, 2.24) is 14.9 Å². The zero-order valence-corrected chi connectivity index (χ0v) is 16.2. The summed E-state index contributed by atoms with van der Waals surface area (Å²) in [4.78, 5) is 11.2. The predicted molar refractivity (Wildman–Crippen MR) is 104 cm³/mol. The van der Waals surface area contributed by atoms with E-state index < -0.39 is 10.1 Å². The summed E-state index contributed by atoms with van der Waals surface area (Å²) in [6, 6.07) is 9.74. The molecule has 1 aliphatic heterocycles. The Balaban J connectivity index is 1.82. The molecule has 4 rings (SSSR count). The van der Waals surface area contributed by atoms with Gasteiger partial charge in [-0.15, -0.1) is 0 Å². The van der Waals surface area contributed by atoms with Crippen LogP contribution in [0, 0.1) is 0 Å². The fourth-order valence-electron chi connectivity index (χ4n) is 3.56. The number of fused-ring (bicyclic) bond motifs is 2. The average Bonchev–Trinajstić information content (AvgIpc) is 2.68. The lowest BCUT2D eigenvalue weighted by Crippen LogP contribution is -2.29. The van der Waals surface area contributed by atoms with E-state index >= 15 is 0 Å². The van der Waals surface area contributed by atoms with Gasteiger partial charge in [0.25, 0.3) is 0 Å². The molecule has 0 atom stereocenters. The van der Waals surface area contributed by atoms with Crippen molar-refractivity contribution >= 4 is 15.9 Å². The second-order valence-electron chi connectivity index (χ2n) is 6.48. The van der Waals surface area contributed by atoms with Crippen LogP contribution >= 0.6 is 0 Å². The molecule has 0 N–H and O–H groups in total. The third kappa shape index (κ3) is 3.23. The Hall–Kier alpha value is -2.67. The number of nitrogens with zero attached hydrogens (tertiary/aromatic N) is 3. The van der Waals surface area contributed by atoms with Gasteiger partial charge in [-0.2, -0.15) is 8.42 Å². The maximum absolute atomic E-state index is 12.4. The smallest absolute Gasteiger partial charge is 0.334 e. The first-order valence-electron chi connectivity index (χ1n) is 9.08. The third-order valence-corrected chi connectivity index (χ3v) is 5.81. The van der Waals surface area contributed by atoms with Crippen LogP contribution in [0.2, 0.25) is 0 Å². The topological polar surface area (TPSA) is 72.4 Å². The molecule has 0 radical (unpaired) electrons. The molecule has 6 nitrogen and oxygen atoms in total. The van der Waals surface area contributed by atoms with Gasteiger partial charge in [0.2, 0.25) is 0 Å². The second-order valence-corrected chi connectivity index (χ2v) is 7.87. The summed E-state index contributed by atoms with van der Waals surface area (Å²) in [6.07, 6.45) is 3.09. The Bertz CT molecular complexity index is 1040. The van der Waals surface area contributed by atoms with Gasteiger partial charge in [0.15, 0.2) is 11.6 Å². The molecule has 0 spiro atoms. The molecule has 7 heteroatoms. The van der Waals surface area contributed by atoms with Gasteiger partial charge in [0, 0.05) is 30.4 Å². The van der Waals surface area contributed by atoms with Crippen molar-refractivity contribution in [3.05, 3.63) is 64.5 Å². The minimum Gasteiger partial charge on any atom is -0.378 e. The van der Waals surface area contributed by atoms with Crippen molar-refractivity contribution in [3.63, 3.8) is 0 Å². The minimum atomic E-state index is -3.79. The van der Waals surface area contributed by atoms with E-state index in [2.05, 4.69) is 9.97 Å². The molecule has 0 unspecified atom stereocenters.